The Bertz CT molecular complexity index is 3770. The van der Waals surface area contributed by atoms with Gasteiger partial charge in [0.2, 0.25) is 0 Å². The van der Waals surface area contributed by atoms with E-state index in [1.807, 2.05) is 24.3 Å². The Morgan fingerprint density at radius 2 is 0.765 bits per heavy atom. The van der Waals surface area contributed by atoms with Crippen molar-refractivity contribution in [3.63, 3.8) is 0 Å². The molecule has 12 aromatic rings. The molecule has 0 aliphatic heterocycles. The Morgan fingerprint density at radius 3 is 1.44 bits per heavy atom. The van der Waals surface area contributed by atoms with Crippen molar-refractivity contribution in [2.24, 2.45) is 0 Å². The second-order valence-electron chi connectivity index (χ2n) is 17.5. The van der Waals surface area contributed by atoms with Gasteiger partial charge in [-0.1, -0.05) is 212 Å². The molecule has 13 rings (SSSR count). The van der Waals surface area contributed by atoms with Gasteiger partial charge in [-0.15, -0.1) is 0 Å². The van der Waals surface area contributed by atoms with Crippen LogP contribution in [0.5, 0.6) is 0 Å². The lowest BCUT2D eigenvalue weighted by Crippen LogP contribution is -2.28. The van der Waals surface area contributed by atoms with Crippen molar-refractivity contribution < 1.29 is 0 Å². The third kappa shape index (κ3) is 6.34. The first-order valence-corrected chi connectivity index (χ1v) is 23.2. The highest BCUT2D eigenvalue weighted by Crippen LogP contribution is 2.58. The Kier molecular flexibility index (Phi) is 9.36. The van der Waals surface area contributed by atoms with Crippen molar-refractivity contribution in [3.8, 4) is 73.2 Å². The highest BCUT2D eigenvalue weighted by Gasteiger charge is 2.46. The molecule has 0 amide bonds. The fourth-order valence-corrected chi connectivity index (χ4v) is 10.7. The second kappa shape index (κ2) is 16.2. The van der Waals surface area contributed by atoms with Gasteiger partial charge in [0.15, 0.2) is 17.5 Å². The molecule has 4 heteroatoms. The van der Waals surface area contributed by atoms with E-state index in [0.29, 0.717) is 17.5 Å². The average molecular weight is 867 g/mol. The van der Waals surface area contributed by atoms with Crippen molar-refractivity contribution in [1.29, 1.82) is 0 Å². The highest BCUT2D eigenvalue weighted by molar-refractivity contribution is 6.11. The minimum atomic E-state index is -0.602. The molecule has 0 atom stereocenters. The lowest BCUT2D eigenvalue weighted by Gasteiger charge is -2.34. The Morgan fingerprint density at radius 1 is 0.279 bits per heavy atom. The summed E-state index contributed by atoms with van der Waals surface area (Å²) in [6.07, 6.45) is 0. The first-order chi connectivity index (χ1) is 33.7. The van der Waals surface area contributed by atoms with Gasteiger partial charge >= 0.3 is 0 Å². The van der Waals surface area contributed by atoms with Gasteiger partial charge < -0.3 is 4.57 Å². The maximum Gasteiger partial charge on any atom is 0.164 e. The number of hydrogen-bond acceptors (Lipinski definition) is 3. The van der Waals surface area contributed by atoms with Gasteiger partial charge in [-0.2, -0.15) is 0 Å². The molecule has 0 saturated carbocycles. The van der Waals surface area contributed by atoms with Gasteiger partial charge in [0, 0.05) is 33.2 Å². The summed E-state index contributed by atoms with van der Waals surface area (Å²) in [6.45, 7) is 0. The smallest absolute Gasteiger partial charge is 0.164 e. The lowest BCUT2D eigenvalue weighted by molar-refractivity contribution is 0.769. The SMILES string of the molecule is c1ccc(-c2ccc(-c3nc(-c4ccccc4)nc(-c4cc5c(cc4-c4ccc6c(c4)c4ccccc4n6-c4ccccc4)C(c4ccccc4)(c4ccccc4)c4ccccc4-5)n3)cc2)cc1. The van der Waals surface area contributed by atoms with Crippen LogP contribution in [-0.4, -0.2) is 19.5 Å². The molecule has 10 aromatic carbocycles. The number of rotatable bonds is 8. The van der Waals surface area contributed by atoms with Crippen LogP contribution in [0.1, 0.15) is 22.3 Å². The summed E-state index contributed by atoms with van der Waals surface area (Å²) in [5, 5.41) is 2.37. The summed E-state index contributed by atoms with van der Waals surface area (Å²) in [5.41, 5.74) is 17.3. The molecule has 0 spiro atoms. The van der Waals surface area contributed by atoms with E-state index >= 15 is 0 Å². The van der Waals surface area contributed by atoms with E-state index in [4.69, 9.17) is 15.0 Å². The van der Waals surface area contributed by atoms with Crippen molar-refractivity contribution >= 4 is 21.8 Å². The third-order valence-corrected chi connectivity index (χ3v) is 13.8. The van der Waals surface area contributed by atoms with Crippen molar-refractivity contribution in [1.82, 2.24) is 19.5 Å². The first-order valence-electron chi connectivity index (χ1n) is 23.2. The Balaban J connectivity index is 1.11. The van der Waals surface area contributed by atoms with Crippen molar-refractivity contribution in [2.75, 3.05) is 0 Å². The molecule has 0 saturated heterocycles. The number of aromatic nitrogens is 4. The van der Waals surface area contributed by atoms with Gasteiger partial charge in [0.05, 0.1) is 16.4 Å². The molecule has 1 aliphatic rings. The summed E-state index contributed by atoms with van der Waals surface area (Å²) >= 11 is 0. The molecule has 0 bridgehead atoms. The van der Waals surface area contributed by atoms with Crippen LogP contribution in [0, 0.1) is 0 Å². The van der Waals surface area contributed by atoms with Gasteiger partial charge in [-0.05, 0) is 98.1 Å². The molecule has 4 nitrogen and oxygen atoms in total. The lowest BCUT2D eigenvalue weighted by atomic mass is 9.67. The van der Waals surface area contributed by atoms with Gasteiger partial charge in [-0.3, -0.25) is 0 Å². The van der Waals surface area contributed by atoms with Crippen LogP contribution < -0.4 is 0 Å². The van der Waals surface area contributed by atoms with Crippen molar-refractivity contribution in [2.45, 2.75) is 5.41 Å². The zero-order chi connectivity index (χ0) is 45.0. The summed E-state index contributed by atoms with van der Waals surface area (Å²) in [5.74, 6) is 1.85. The van der Waals surface area contributed by atoms with Crippen LogP contribution in [-0.2, 0) is 5.41 Å². The predicted molar refractivity (Wildman–Crippen MR) is 279 cm³/mol. The normalized spacial score (nSPS) is 12.5. The number of para-hydroxylation sites is 2. The van der Waals surface area contributed by atoms with E-state index in [0.717, 1.165) is 61.2 Å². The minimum Gasteiger partial charge on any atom is -0.309 e. The minimum absolute atomic E-state index is 0.602. The van der Waals surface area contributed by atoms with E-state index in [9.17, 15) is 0 Å². The number of benzene rings is 10. The highest BCUT2D eigenvalue weighted by atomic mass is 15.0. The summed E-state index contributed by atoms with van der Waals surface area (Å²) < 4.78 is 2.37. The maximum atomic E-state index is 5.45. The van der Waals surface area contributed by atoms with E-state index in [2.05, 4.69) is 235 Å². The molecule has 0 radical (unpaired) electrons. The van der Waals surface area contributed by atoms with Crippen LogP contribution in [0.15, 0.2) is 255 Å². The van der Waals surface area contributed by atoms with Crippen LogP contribution in [0.4, 0.5) is 0 Å². The topological polar surface area (TPSA) is 43.6 Å². The molecule has 1 aliphatic carbocycles. The fourth-order valence-electron chi connectivity index (χ4n) is 10.7. The first kappa shape index (κ1) is 39.4. The summed E-state index contributed by atoms with van der Waals surface area (Å²) in [4.78, 5) is 16.1. The standard InChI is InChI=1S/C64H42N4/c1-6-20-43(21-7-1)44-34-36-46(37-35-44)62-65-61(45-22-8-2-9-23-45)66-63(67-62)56-41-54-51-30-16-18-32-57(51)64(48-24-10-3-11-25-48,49-26-12-4-13-27-49)58(54)42-53(56)47-38-39-60-55(40-47)52-31-17-19-33-59(52)68(60)50-28-14-5-15-29-50/h1-42H. The number of fused-ring (bicyclic) bond motifs is 6. The van der Waals surface area contributed by atoms with E-state index in [1.54, 1.807) is 0 Å². The Hall–Kier alpha value is -8.99. The van der Waals surface area contributed by atoms with Crippen LogP contribution in [0.25, 0.3) is 95.0 Å². The van der Waals surface area contributed by atoms with Crippen LogP contribution in [0.3, 0.4) is 0 Å². The zero-order valence-electron chi connectivity index (χ0n) is 37.0. The zero-order valence-corrected chi connectivity index (χ0v) is 37.0. The molecule has 2 heterocycles. The van der Waals surface area contributed by atoms with E-state index < -0.39 is 5.41 Å². The van der Waals surface area contributed by atoms with Gasteiger partial charge in [-0.25, -0.2) is 15.0 Å². The number of hydrogen-bond donors (Lipinski definition) is 0. The van der Waals surface area contributed by atoms with Crippen LogP contribution >= 0.6 is 0 Å². The van der Waals surface area contributed by atoms with Gasteiger partial charge in [0.25, 0.3) is 0 Å². The molecule has 0 unspecified atom stereocenters. The summed E-state index contributed by atoms with van der Waals surface area (Å²) in [6, 6.07) is 91.3. The fraction of sp³-hybridized carbons (Fsp3) is 0.0156. The molecule has 68 heavy (non-hydrogen) atoms. The molecule has 318 valence electrons. The Labute approximate surface area is 395 Å². The van der Waals surface area contributed by atoms with Gasteiger partial charge in [0.1, 0.15) is 0 Å². The molecule has 0 fully saturated rings. The predicted octanol–water partition coefficient (Wildman–Crippen LogP) is 15.7. The molecular weight excluding hydrogens is 825 g/mol. The summed E-state index contributed by atoms with van der Waals surface area (Å²) in [7, 11) is 0. The number of nitrogens with zero attached hydrogens (tertiary/aromatic N) is 4. The monoisotopic (exact) mass is 866 g/mol. The largest absolute Gasteiger partial charge is 0.309 e. The third-order valence-electron chi connectivity index (χ3n) is 13.8. The van der Waals surface area contributed by atoms with Crippen LogP contribution in [0.2, 0.25) is 0 Å². The maximum absolute atomic E-state index is 5.45. The quantitative estimate of drug-likeness (QED) is 0.153. The van der Waals surface area contributed by atoms with E-state index in [1.165, 1.54) is 38.6 Å². The molecule has 0 N–H and O–H groups in total. The van der Waals surface area contributed by atoms with E-state index in [-0.39, 0.29) is 0 Å². The molecular formula is C64H42N4. The average Bonchev–Trinajstić information content (AvgIpc) is 3.91. The van der Waals surface area contributed by atoms with Crippen molar-refractivity contribution in [3.05, 3.63) is 277 Å². The second-order valence-corrected chi connectivity index (χ2v) is 17.5. The molecule has 2 aromatic heterocycles.